The number of benzene rings is 3. The molecule has 0 aliphatic carbocycles. The fourth-order valence-corrected chi connectivity index (χ4v) is 5.16. The van der Waals surface area contributed by atoms with Crippen molar-refractivity contribution in [3.63, 3.8) is 0 Å². The largest absolute Gasteiger partial charge is 0.493 e. The third kappa shape index (κ3) is 5.51. The van der Waals surface area contributed by atoms with Crippen molar-refractivity contribution >= 4 is 17.1 Å². The highest BCUT2D eigenvalue weighted by atomic mass is 19.1. The summed E-state index contributed by atoms with van der Waals surface area (Å²) in [6, 6.07) is 18.3. The molecule has 0 radical (unpaired) electrons. The van der Waals surface area contributed by atoms with Crippen LogP contribution in [0.3, 0.4) is 0 Å². The predicted molar refractivity (Wildman–Crippen MR) is 137 cm³/mol. The molecular weight excluding hydrogens is 480 g/mol. The molecule has 0 bridgehead atoms. The number of hydrogen-bond donors (Lipinski definition) is 0. The van der Waals surface area contributed by atoms with Crippen molar-refractivity contribution in [3.8, 4) is 5.75 Å². The van der Waals surface area contributed by atoms with Crippen molar-refractivity contribution in [2.45, 2.75) is 18.9 Å². The van der Waals surface area contributed by atoms with Gasteiger partial charge in [0.15, 0.2) is 0 Å². The number of non-ortho nitro benzene ring substituents is 1. The van der Waals surface area contributed by atoms with Gasteiger partial charge in [-0.1, -0.05) is 6.07 Å². The van der Waals surface area contributed by atoms with E-state index in [1.54, 1.807) is 24.3 Å². The summed E-state index contributed by atoms with van der Waals surface area (Å²) in [6.45, 7) is 6.07. The highest BCUT2D eigenvalue weighted by molar-refractivity contribution is 5.54. The van der Waals surface area contributed by atoms with Gasteiger partial charge in [-0.2, -0.15) is 0 Å². The molecule has 2 aliphatic rings. The minimum Gasteiger partial charge on any atom is -0.493 e. The molecule has 194 valence electrons. The lowest BCUT2D eigenvalue weighted by Crippen LogP contribution is -2.46. The van der Waals surface area contributed by atoms with Crippen molar-refractivity contribution in [2.75, 3.05) is 49.2 Å². The highest BCUT2D eigenvalue weighted by Crippen LogP contribution is 2.40. The first-order chi connectivity index (χ1) is 17.8. The average molecular weight is 510 g/mol. The van der Waals surface area contributed by atoms with E-state index in [1.807, 2.05) is 31.2 Å². The first-order valence-corrected chi connectivity index (χ1v) is 12.4. The number of ether oxygens (including phenoxy) is 2. The van der Waals surface area contributed by atoms with E-state index in [0.717, 1.165) is 49.4 Å². The van der Waals surface area contributed by atoms with E-state index in [9.17, 15) is 18.9 Å². The number of rotatable bonds is 7. The zero-order chi connectivity index (χ0) is 26.0. The predicted octanol–water partition coefficient (Wildman–Crippen LogP) is 5.53. The van der Waals surface area contributed by atoms with Gasteiger partial charge in [-0.25, -0.2) is 8.78 Å². The number of nitro benzene ring substituents is 1. The van der Waals surface area contributed by atoms with Crippen LogP contribution in [-0.2, 0) is 10.3 Å². The molecule has 9 heteroatoms. The van der Waals surface area contributed by atoms with Gasteiger partial charge in [-0.05, 0) is 55.8 Å². The molecule has 0 N–H and O–H groups in total. The molecule has 3 aromatic rings. The fraction of sp³-hybridized carbons (Fsp3) is 0.357. The Balaban J connectivity index is 1.11. The van der Waals surface area contributed by atoms with Crippen LogP contribution >= 0.6 is 0 Å². The summed E-state index contributed by atoms with van der Waals surface area (Å²) >= 11 is 0. The molecular formula is C28H29F2N3O4. The van der Waals surface area contributed by atoms with Gasteiger partial charge in [0, 0.05) is 67.2 Å². The maximum absolute atomic E-state index is 14.3. The van der Waals surface area contributed by atoms with Crippen molar-refractivity contribution in [3.05, 3.63) is 94.0 Å². The first kappa shape index (κ1) is 25.0. The number of halogens is 2. The standard InChI is InChI=1S/C28H29F2N3O4/c1-28(26-11-2-21(29)16-27(26)30)17-20(19-37-28)18-36-25-9-7-23(8-10-25)32-14-12-31(13-15-32)22-3-5-24(6-4-22)33(34)35/h2-11,16,20H,12-15,17-19H2,1H3/t20-,28-/m1/s1. The Hall–Kier alpha value is -3.72. The van der Waals surface area contributed by atoms with Crippen LogP contribution in [0.15, 0.2) is 66.7 Å². The molecule has 0 aromatic heterocycles. The van der Waals surface area contributed by atoms with E-state index in [4.69, 9.17) is 9.47 Å². The number of hydrogen-bond acceptors (Lipinski definition) is 6. The second-order valence-corrected chi connectivity index (χ2v) is 9.79. The van der Waals surface area contributed by atoms with Crippen LogP contribution in [0.25, 0.3) is 0 Å². The molecule has 5 rings (SSSR count). The van der Waals surface area contributed by atoms with Gasteiger partial charge in [0.2, 0.25) is 0 Å². The van der Waals surface area contributed by atoms with Crippen molar-refractivity contribution in [2.24, 2.45) is 5.92 Å². The second-order valence-electron chi connectivity index (χ2n) is 9.79. The zero-order valence-corrected chi connectivity index (χ0v) is 20.6. The minimum absolute atomic E-state index is 0.0981. The van der Waals surface area contributed by atoms with Crippen LogP contribution in [0.4, 0.5) is 25.8 Å². The Labute approximate surface area is 214 Å². The monoisotopic (exact) mass is 509 g/mol. The lowest BCUT2D eigenvalue weighted by Gasteiger charge is -2.37. The number of nitrogens with zero attached hydrogens (tertiary/aromatic N) is 3. The van der Waals surface area contributed by atoms with Gasteiger partial charge in [-0.3, -0.25) is 10.1 Å². The lowest BCUT2D eigenvalue weighted by molar-refractivity contribution is -0.384. The molecule has 2 aliphatic heterocycles. The van der Waals surface area contributed by atoms with E-state index >= 15 is 0 Å². The molecule has 0 amide bonds. The van der Waals surface area contributed by atoms with Crippen LogP contribution in [0.1, 0.15) is 18.9 Å². The lowest BCUT2D eigenvalue weighted by atomic mass is 9.89. The van der Waals surface area contributed by atoms with E-state index in [-0.39, 0.29) is 16.5 Å². The highest BCUT2D eigenvalue weighted by Gasteiger charge is 2.40. The van der Waals surface area contributed by atoms with Crippen LogP contribution in [0.2, 0.25) is 0 Å². The molecule has 2 saturated heterocycles. The Kier molecular flexibility index (Phi) is 6.97. The van der Waals surface area contributed by atoms with Gasteiger partial charge in [0.05, 0.1) is 23.7 Å². The molecule has 2 fully saturated rings. The van der Waals surface area contributed by atoms with Gasteiger partial charge in [0.25, 0.3) is 5.69 Å². The molecule has 7 nitrogen and oxygen atoms in total. The molecule has 0 unspecified atom stereocenters. The van der Waals surface area contributed by atoms with Crippen molar-refractivity contribution in [1.82, 2.24) is 0 Å². The molecule has 0 spiro atoms. The SMILES string of the molecule is C[C@]1(c2ccc(F)cc2F)C[C@H](COc2ccc(N3CCN(c4ccc([N+](=O)[O-])cc4)CC3)cc2)CO1. The normalized spacial score (nSPS) is 21.8. The van der Waals surface area contributed by atoms with Crippen molar-refractivity contribution in [1.29, 1.82) is 0 Å². The summed E-state index contributed by atoms with van der Waals surface area (Å²) in [5.74, 6) is -0.331. The summed E-state index contributed by atoms with van der Waals surface area (Å²) in [4.78, 5) is 15.0. The zero-order valence-electron chi connectivity index (χ0n) is 20.6. The molecule has 2 heterocycles. The summed E-state index contributed by atoms with van der Waals surface area (Å²) in [5.41, 5.74) is 1.77. The summed E-state index contributed by atoms with van der Waals surface area (Å²) < 4.78 is 39.5. The summed E-state index contributed by atoms with van der Waals surface area (Å²) in [7, 11) is 0. The van der Waals surface area contributed by atoms with Gasteiger partial charge >= 0.3 is 0 Å². The Morgan fingerprint density at radius 3 is 2.14 bits per heavy atom. The van der Waals surface area contributed by atoms with E-state index in [1.165, 1.54) is 12.1 Å². The Morgan fingerprint density at radius 2 is 1.57 bits per heavy atom. The molecule has 0 saturated carbocycles. The number of nitro groups is 1. The average Bonchev–Trinajstić information content (AvgIpc) is 3.29. The molecule has 2 atom stereocenters. The number of anilines is 2. The summed E-state index contributed by atoms with van der Waals surface area (Å²) in [6.07, 6.45) is 0.590. The van der Waals surface area contributed by atoms with Crippen LogP contribution in [-0.4, -0.2) is 44.3 Å². The maximum Gasteiger partial charge on any atom is 0.269 e. The Bertz CT molecular complexity index is 1250. The van der Waals surface area contributed by atoms with Crippen LogP contribution < -0.4 is 14.5 Å². The molecule has 3 aromatic carbocycles. The van der Waals surface area contributed by atoms with Gasteiger partial charge < -0.3 is 19.3 Å². The van der Waals surface area contributed by atoms with E-state index in [0.29, 0.717) is 25.2 Å². The van der Waals surface area contributed by atoms with Gasteiger partial charge in [-0.15, -0.1) is 0 Å². The third-order valence-electron chi connectivity index (χ3n) is 7.21. The van der Waals surface area contributed by atoms with Crippen LogP contribution in [0, 0.1) is 27.7 Å². The maximum atomic E-state index is 14.3. The summed E-state index contributed by atoms with van der Waals surface area (Å²) in [5, 5.41) is 10.9. The Morgan fingerprint density at radius 1 is 0.973 bits per heavy atom. The third-order valence-corrected chi connectivity index (χ3v) is 7.21. The first-order valence-electron chi connectivity index (χ1n) is 12.4. The van der Waals surface area contributed by atoms with Gasteiger partial charge in [0.1, 0.15) is 17.4 Å². The van der Waals surface area contributed by atoms with E-state index < -0.39 is 17.2 Å². The minimum atomic E-state index is -0.799. The van der Waals surface area contributed by atoms with E-state index in [2.05, 4.69) is 9.80 Å². The quantitative estimate of drug-likeness (QED) is 0.308. The van der Waals surface area contributed by atoms with Crippen molar-refractivity contribution < 1.29 is 23.2 Å². The molecule has 37 heavy (non-hydrogen) atoms. The topological polar surface area (TPSA) is 68.1 Å². The smallest absolute Gasteiger partial charge is 0.269 e. The number of piperazine rings is 1. The fourth-order valence-electron chi connectivity index (χ4n) is 5.16. The second kappa shape index (κ2) is 10.3. The van der Waals surface area contributed by atoms with Crippen LogP contribution in [0.5, 0.6) is 5.75 Å².